The lowest BCUT2D eigenvalue weighted by atomic mass is 9.85. The molecule has 0 aromatic carbocycles. The summed E-state index contributed by atoms with van der Waals surface area (Å²) >= 11 is 0. The maximum Gasteiger partial charge on any atom is 0.200 e. The van der Waals surface area contributed by atoms with Gasteiger partial charge in [-0.1, -0.05) is 6.92 Å². The Morgan fingerprint density at radius 3 is 2.92 bits per heavy atom. The van der Waals surface area contributed by atoms with E-state index in [9.17, 15) is 4.79 Å². The van der Waals surface area contributed by atoms with Crippen LogP contribution in [-0.4, -0.2) is 25.5 Å². The zero-order chi connectivity index (χ0) is 9.26. The number of carbonyl (C=O) groups excluding carboxylic acids is 1. The van der Waals surface area contributed by atoms with E-state index in [2.05, 4.69) is 5.32 Å². The molecule has 0 saturated carbocycles. The Morgan fingerprint density at radius 2 is 2.46 bits per heavy atom. The summed E-state index contributed by atoms with van der Waals surface area (Å²) in [5.41, 5.74) is 0. The number of rotatable bonds is 3. The molecule has 2 heterocycles. The molecule has 1 saturated heterocycles. The van der Waals surface area contributed by atoms with Crippen molar-refractivity contribution in [3.8, 4) is 0 Å². The Kier molecular flexibility index (Phi) is 2.36. The molecule has 3 heteroatoms. The molecule has 1 fully saturated rings. The van der Waals surface area contributed by atoms with E-state index in [1.807, 2.05) is 13.0 Å². The van der Waals surface area contributed by atoms with E-state index in [0.717, 1.165) is 19.5 Å². The third-order valence-electron chi connectivity index (χ3n) is 2.88. The Labute approximate surface area is 78.1 Å². The second-order valence-corrected chi connectivity index (χ2v) is 3.78. The first-order valence-corrected chi connectivity index (χ1v) is 4.87. The summed E-state index contributed by atoms with van der Waals surface area (Å²) in [4.78, 5) is 11.8. The average Bonchev–Trinajstić information content (AvgIpc) is 2.51. The fourth-order valence-electron chi connectivity index (χ4n) is 1.69. The number of allylic oxidation sites excluding steroid dienone is 1. The Bertz CT molecular complexity index is 243. The van der Waals surface area contributed by atoms with Crippen LogP contribution in [-0.2, 0) is 9.53 Å². The number of hydrogen-bond donors (Lipinski definition) is 1. The monoisotopic (exact) mass is 181 g/mol. The largest absolute Gasteiger partial charge is 0.490 e. The van der Waals surface area contributed by atoms with E-state index < -0.39 is 0 Å². The van der Waals surface area contributed by atoms with Gasteiger partial charge in [0.15, 0.2) is 11.5 Å². The summed E-state index contributed by atoms with van der Waals surface area (Å²) in [6.45, 7) is 4.62. The molecule has 0 aliphatic carbocycles. The standard InChI is InChI=1S/C10H15NO2/c1-7(8-5-11-6-8)10(12)9-3-2-4-13-9/h3,7-8,11H,2,4-6H2,1H3. The van der Waals surface area contributed by atoms with Crippen molar-refractivity contribution in [2.75, 3.05) is 19.7 Å². The molecule has 0 radical (unpaired) electrons. The normalized spacial score (nSPS) is 24.5. The van der Waals surface area contributed by atoms with Crippen molar-refractivity contribution in [1.82, 2.24) is 5.32 Å². The third-order valence-corrected chi connectivity index (χ3v) is 2.88. The quantitative estimate of drug-likeness (QED) is 0.697. The van der Waals surface area contributed by atoms with Crippen LogP contribution in [0, 0.1) is 11.8 Å². The van der Waals surface area contributed by atoms with Crippen molar-refractivity contribution < 1.29 is 9.53 Å². The van der Waals surface area contributed by atoms with Crippen LogP contribution < -0.4 is 5.32 Å². The van der Waals surface area contributed by atoms with Gasteiger partial charge in [-0.15, -0.1) is 0 Å². The fourth-order valence-corrected chi connectivity index (χ4v) is 1.69. The highest BCUT2D eigenvalue weighted by Gasteiger charge is 2.31. The summed E-state index contributed by atoms with van der Waals surface area (Å²) in [6, 6.07) is 0. The molecule has 0 bridgehead atoms. The van der Waals surface area contributed by atoms with E-state index in [4.69, 9.17) is 4.74 Å². The summed E-state index contributed by atoms with van der Waals surface area (Å²) in [5, 5.41) is 3.18. The lowest BCUT2D eigenvalue weighted by Gasteiger charge is -2.31. The first-order chi connectivity index (χ1) is 6.29. The van der Waals surface area contributed by atoms with E-state index in [1.54, 1.807) is 0 Å². The van der Waals surface area contributed by atoms with E-state index in [-0.39, 0.29) is 11.7 Å². The van der Waals surface area contributed by atoms with Gasteiger partial charge in [0.1, 0.15) is 0 Å². The average molecular weight is 181 g/mol. The van der Waals surface area contributed by atoms with Gasteiger partial charge < -0.3 is 10.1 Å². The zero-order valence-corrected chi connectivity index (χ0v) is 7.88. The fraction of sp³-hybridized carbons (Fsp3) is 0.700. The minimum absolute atomic E-state index is 0.116. The molecule has 3 nitrogen and oxygen atoms in total. The van der Waals surface area contributed by atoms with Crippen LogP contribution in [0.2, 0.25) is 0 Å². The second-order valence-electron chi connectivity index (χ2n) is 3.78. The Morgan fingerprint density at radius 1 is 1.69 bits per heavy atom. The van der Waals surface area contributed by atoms with E-state index >= 15 is 0 Å². The van der Waals surface area contributed by atoms with Crippen LogP contribution in [0.25, 0.3) is 0 Å². The molecule has 0 amide bonds. The maximum atomic E-state index is 11.8. The van der Waals surface area contributed by atoms with Crippen LogP contribution in [0.1, 0.15) is 13.3 Å². The molecule has 13 heavy (non-hydrogen) atoms. The van der Waals surface area contributed by atoms with Crippen molar-refractivity contribution in [2.24, 2.45) is 11.8 Å². The SMILES string of the molecule is CC(C(=O)C1=CCCO1)C1CNC1. The summed E-state index contributed by atoms with van der Waals surface area (Å²) in [7, 11) is 0. The van der Waals surface area contributed by atoms with Crippen molar-refractivity contribution in [3.05, 3.63) is 11.8 Å². The molecule has 0 aromatic heterocycles. The van der Waals surface area contributed by atoms with Gasteiger partial charge in [-0.25, -0.2) is 0 Å². The van der Waals surface area contributed by atoms with Gasteiger partial charge in [-0.2, -0.15) is 0 Å². The highest BCUT2D eigenvalue weighted by Crippen LogP contribution is 2.22. The molecule has 2 aliphatic heterocycles. The number of Topliss-reactive ketones (excluding diaryl/α,β-unsaturated/α-hetero) is 1. The topological polar surface area (TPSA) is 38.3 Å². The molecule has 72 valence electrons. The molecule has 0 aromatic rings. The lowest BCUT2D eigenvalue weighted by Crippen LogP contribution is -2.47. The highest BCUT2D eigenvalue weighted by molar-refractivity contribution is 5.95. The molecule has 1 N–H and O–H groups in total. The second kappa shape index (κ2) is 3.50. The molecule has 0 spiro atoms. The first-order valence-electron chi connectivity index (χ1n) is 4.87. The van der Waals surface area contributed by atoms with E-state index in [1.165, 1.54) is 0 Å². The number of hydrogen-bond acceptors (Lipinski definition) is 3. The predicted molar refractivity (Wildman–Crippen MR) is 49.2 cm³/mol. The Balaban J connectivity index is 1.94. The van der Waals surface area contributed by atoms with Crippen LogP contribution >= 0.6 is 0 Å². The van der Waals surface area contributed by atoms with Gasteiger partial charge in [-0.05, 0) is 25.1 Å². The number of ether oxygens (including phenoxy) is 1. The molecule has 1 atom stereocenters. The molecule has 1 unspecified atom stereocenters. The van der Waals surface area contributed by atoms with Crippen LogP contribution in [0.15, 0.2) is 11.8 Å². The smallest absolute Gasteiger partial charge is 0.200 e. The number of ketones is 1. The summed E-state index contributed by atoms with van der Waals surface area (Å²) in [6.07, 6.45) is 2.79. The van der Waals surface area contributed by atoms with Crippen LogP contribution in [0.3, 0.4) is 0 Å². The van der Waals surface area contributed by atoms with Crippen molar-refractivity contribution >= 4 is 5.78 Å². The molecular weight excluding hydrogens is 166 g/mol. The van der Waals surface area contributed by atoms with Crippen molar-refractivity contribution in [1.29, 1.82) is 0 Å². The maximum absolute atomic E-state index is 11.8. The van der Waals surface area contributed by atoms with Gasteiger partial charge >= 0.3 is 0 Å². The van der Waals surface area contributed by atoms with Gasteiger partial charge in [0.05, 0.1) is 6.61 Å². The molecular formula is C10H15NO2. The number of nitrogens with one attached hydrogen (secondary N) is 1. The number of carbonyl (C=O) groups is 1. The summed E-state index contributed by atoms with van der Waals surface area (Å²) in [5.74, 6) is 1.41. The van der Waals surface area contributed by atoms with Gasteiger partial charge in [-0.3, -0.25) is 4.79 Å². The highest BCUT2D eigenvalue weighted by atomic mass is 16.5. The Hall–Kier alpha value is -0.830. The van der Waals surface area contributed by atoms with Gasteiger partial charge in [0.25, 0.3) is 0 Å². The van der Waals surface area contributed by atoms with E-state index in [0.29, 0.717) is 18.3 Å². The lowest BCUT2D eigenvalue weighted by molar-refractivity contribution is -0.123. The van der Waals surface area contributed by atoms with Gasteiger partial charge in [0.2, 0.25) is 0 Å². The first kappa shape index (κ1) is 8.75. The van der Waals surface area contributed by atoms with Crippen LogP contribution in [0.4, 0.5) is 0 Å². The molecule has 2 aliphatic rings. The zero-order valence-electron chi connectivity index (χ0n) is 7.88. The minimum Gasteiger partial charge on any atom is -0.490 e. The third kappa shape index (κ3) is 1.61. The van der Waals surface area contributed by atoms with Crippen molar-refractivity contribution in [2.45, 2.75) is 13.3 Å². The minimum atomic E-state index is 0.116. The van der Waals surface area contributed by atoms with Gasteiger partial charge in [0, 0.05) is 12.3 Å². The predicted octanol–water partition coefficient (Wildman–Crippen LogP) is 0.715. The van der Waals surface area contributed by atoms with Crippen LogP contribution in [0.5, 0.6) is 0 Å². The van der Waals surface area contributed by atoms with Crippen molar-refractivity contribution in [3.63, 3.8) is 0 Å². The summed E-state index contributed by atoms with van der Waals surface area (Å²) < 4.78 is 5.25. The molecule has 2 rings (SSSR count).